The van der Waals surface area contributed by atoms with Gasteiger partial charge in [-0.15, -0.1) is 15.3 Å². The van der Waals surface area contributed by atoms with E-state index >= 15 is 0 Å². The van der Waals surface area contributed by atoms with Crippen molar-refractivity contribution in [3.63, 3.8) is 0 Å². The van der Waals surface area contributed by atoms with E-state index in [1.807, 2.05) is 29.2 Å². The molecule has 1 atom stereocenters. The largest absolute Gasteiger partial charge is 0.497 e. The third-order valence-electron chi connectivity index (χ3n) is 4.60. The van der Waals surface area contributed by atoms with Gasteiger partial charge in [0.25, 0.3) is 5.82 Å². The molecule has 1 aliphatic rings. The van der Waals surface area contributed by atoms with E-state index in [1.165, 1.54) is 11.6 Å². The van der Waals surface area contributed by atoms with E-state index in [-0.39, 0.29) is 5.65 Å². The number of halogens is 3. The van der Waals surface area contributed by atoms with Crippen LogP contribution in [0.1, 0.15) is 23.7 Å². The van der Waals surface area contributed by atoms with Crippen molar-refractivity contribution in [2.75, 3.05) is 25.1 Å². The van der Waals surface area contributed by atoms with Crippen molar-refractivity contribution in [2.24, 2.45) is 0 Å². The van der Waals surface area contributed by atoms with Crippen molar-refractivity contribution in [2.45, 2.75) is 18.5 Å². The molecule has 0 spiro atoms. The number of methoxy groups -OCH3 is 1. The molecule has 1 unspecified atom stereocenters. The molecule has 0 bridgehead atoms. The maximum atomic E-state index is 13.0. The molecular formula is C17H16F3N5O. The summed E-state index contributed by atoms with van der Waals surface area (Å²) in [6, 6.07) is 11.0. The number of aromatic nitrogens is 4. The second kappa shape index (κ2) is 6.15. The fourth-order valence-corrected chi connectivity index (χ4v) is 3.24. The van der Waals surface area contributed by atoms with Crippen molar-refractivity contribution in [3.05, 3.63) is 47.8 Å². The Hall–Kier alpha value is -2.84. The molecule has 136 valence electrons. The zero-order valence-electron chi connectivity index (χ0n) is 13.9. The second-order valence-electron chi connectivity index (χ2n) is 6.19. The number of rotatable bonds is 3. The van der Waals surface area contributed by atoms with Crippen molar-refractivity contribution in [1.29, 1.82) is 0 Å². The molecule has 0 aliphatic carbocycles. The molecule has 1 saturated heterocycles. The Bertz CT molecular complexity index is 922. The molecular weight excluding hydrogens is 347 g/mol. The maximum Gasteiger partial charge on any atom is 0.453 e. The van der Waals surface area contributed by atoms with Crippen molar-refractivity contribution >= 4 is 11.5 Å². The summed E-state index contributed by atoms with van der Waals surface area (Å²) in [6.45, 7) is 1.41. The molecule has 3 aromatic rings. The third kappa shape index (κ3) is 2.93. The van der Waals surface area contributed by atoms with Gasteiger partial charge in [-0.25, -0.2) is 0 Å². The van der Waals surface area contributed by atoms with E-state index in [4.69, 9.17) is 4.74 Å². The van der Waals surface area contributed by atoms with Gasteiger partial charge in [0.05, 0.1) is 7.11 Å². The highest BCUT2D eigenvalue weighted by atomic mass is 19.4. The topological polar surface area (TPSA) is 55.5 Å². The predicted molar refractivity (Wildman–Crippen MR) is 88.3 cm³/mol. The Morgan fingerprint density at radius 3 is 2.54 bits per heavy atom. The van der Waals surface area contributed by atoms with Crippen LogP contribution in [0.5, 0.6) is 5.75 Å². The number of anilines is 1. The first-order valence-electron chi connectivity index (χ1n) is 8.14. The standard InChI is InChI=1S/C17H16F3N5O/c1-26-13-4-2-11(3-5-13)12-8-9-24(10-12)15-7-6-14-21-22-16(17(18,19)20)25(14)23-15/h2-7,12H,8-10H2,1H3. The van der Waals surface area contributed by atoms with Gasteiger partial charge in [0.15, 0.2) is 5.65 Å². The SMILES string of the molecule is COc1ccc(C2CCN(c3ccc4nnc(C(F)(F)F)n4n3)C2)cc1. The summed E-state index contributed by atoms with van der Waals surface area (Å²) >= 11 is 0. The van der Waals surface area contributed by atoms with E-state index in [1.54, 1.807) is 13.2 Å². The highest BCUT2D eigenvalue weighted by Crippen LogP contribution is 2.32. The van der Waals surface area contributed by atoms with Gasteiger partial charge in [-0.2, -0.15) is 17.7 Å². The summed E-state index contributed by atoms with van der Waals surface area (Å²) < 4.78 is 45.0. The normalized spacial score (nSPS) is 17.8. The molecule has 26 heavy (non-hydrogen) atoms. The Labute approximate surface area is 147 Å². The Morgan fingerprint density at radius 2 is 1.85 bits per heavy atom. The zero-order chi connectivity index (χ0) is 18.3. The Morgan fingerprint density at radius 1 is 1.08 bits per heavy atom. The van der Waals surface area contributed by atoms with Crippen molar-refractivity contribution < 1.29 is 17.9 Å². The van der Waals surface area contributed by atoms with Crippen LogP contribution in [-0.2, 0) is 6.18 Å². The highest BCUT2D eigenvalue weighted by molar-refractivity contribution is 5.47. The van der Waals surface area contributed by atoms with Crippen LogP contribution in [0, 0.1) is 0 Å². The first-order valence-corrected chi connectivity index (χ1v) is 8.14. The molecule has 2 aromatic heterocycles. The lowest BCUT2D eigenvalue weighted by molar-refractivity contribution is -0.146. The fourth-order valence-electron chi connectivity index (χ4n) is 3.24. The molecule has 9 heteroatoms. The Kier molecular flexibility index (Phi) is 3.93. The average molecular weight is 363 g/mol. The lowest BCUT2D eigenvalue weighted by Crippen LogP contribution is -2.22. The maximum absolute atomic E-state index is 13.0. The van der Waals surface area contributed by atoms with Crippen LogP contribution in [-0.4, -0.2) is 40.0 Å². The van der Waals surface area contributed by atoms with Gasteiger partial charge >= 0.3 is 6.18 Å². The number of fused-ring (bicyclic) bond motifs is 1. The third-order valence-corrected chi connectivity index (χ3v) is 4.60. The first-order chi connectivity index (χ1) is 12.5. The predicted octanol–water partition coefficient (Wildman–Crippen LogP) is 3.15. The van der Waals surface area contributed by atoms with Gasteiger partial charge in [-0.3, -0.25) is 0 Å². The molecule has 0 saturated carbocycles. The van der Waals surface area contributed by atoms with Gasteiger partial charge in [0.2, 0.25) is 0 Å². The minimum Gasteiger partial charge on any atom is -0.497 e. The molecule has 1 fully saturated rings. The number of nitrogens with zero attached hydrogens (tertiary/aromatic N) is 5. The molecule has 3 heterocycles. The number of hydrogen-bond donors (Lipinski definition) is 0. The van der Waals surface area contributed by atoms with Crippen molar-refractivity contribution in [3.8, 4) is 5.75 Å². The molecule has 0 amide bonds. The van der Waals surface area contributed by atoms with Gasteiger partial charge < -0.3 is 9.64 Å². The number of ether oxygens (including phenoxy) is 1. The lowest BCUT2D eigenvalue weighted by atomic mass is 9.98. The van der Waals surface area contributed by atoms with Crippen LogP contribution >= 0.6 is 0 Å². The summed E-state index contributed by atoms with van der Waals surface area (Å²) in [5.41, 5.74) is 1.25. The number of alkyl halides is 3. The van der Waals surface area contributed by atoms with Gasteiger partial charge in [0.1, 0.15) is 11.6 Å². The minimum atomic E-state index is -4.60. The molecule has 4 rings (SSSR count). The van der Waals surface area contributed by atoms with Crippen LogP contribution in [0.25, 0.3) is 5.65 Å². The molecule has 0 radical (unpaired) electrons. The zero-order valence-corrected chi connectivity index (χ0v) is 13.9. The summed E-state index contributed by atoms with van der Waals surface area (Å²) in [6.07, 6.45) is -3.69. The van der Waals surface area contributed by atoms with Gasteiger partial charge in [-0.1, -0.05) is 12.1 Å². The molecule has 1 aliphatic heterocycles. The first kappa shape index (κ1) is 16.6. The summed E-state index contributed by atoms with van der Waals surface area (Å²) in [4.78, 5) is 1.98. The number of benzene rings is 1. The fraction of sp³-hybridized carbons (Fsp3) is 0.353. The smallest absolute Gasteiger partial charge is 0.453 e. The van der Waals surface area contributed by atoms with Crippen LogP contribution in [0.4, 0.5) is 19.0 Å². The van der Waals surface area contributed by atoms with Gasteiger partial charge in [-0.05, 0) is 36.2 Å². The van der Waals surface area contributed by atoms with Crippen LogP contribution in [0.15, 0.2) is 36.4 Å². The van der Waals surface area contributed by atoms with E-state index < -0.39 is 12.0 Å². The van der Waals surface area contributed by atoms with Crippen LogP contribution < -0.4 is 9.64 Å². The summed E-state index contributed by atoms with van der Waals surface area (Å²) in [5, 5.41) is 10.9. The van der Waals surface area contributed by atoms with E-state index in [2.05, 4.69) is 15.3 Å². The molecule has 1 aromatic carbocycles. The highest BCUT2D eigenvalue weighted by Gasteiger charge is 2.38. The number of hydrogen-bond acceptors (Lipinski definition) is 5. The second-order valence-corrected chi connectivity index (χ2v) is 6.19. The van der Waals surface area contributed by atoms with E-state index in [0.717, 1.165) is 23.2 Å². The lowest BCUT2D eigenvalue weighted by Gasteiger charge is -2.18. The monoisotopic (exact) mass is 363 g/mol. The van der Waals surface area contributed by atoms with E-state index in [0.29, 0.717) is 18.3 Å². The van der Waals surface area contributed by atoms with Crippen LogP contribution in [0.2, 0.25) is 0 Å². The van der Waals surface area contributed by atoms with E-state index in [9.17, 15) is 13.2 Å². The van der Waals surface area contributed by atoms with Crippen molar-refractivity contribution in [1.82, 2.24) is 19.8 Å². The molecule has 6 nitrogen and oxygen atoms in total. The molecule has 0 N–H and O–H groups in total. The summed E-state index contributed by atoms with van der Waals surface area (Å²) in [5.74, 6) is 0.462. The Balaban J connectivity index is 1.58. The van der Waals surface area contributed by atoms with Crippen LogP contribution in [0.3, 0.4) is 0 Å². The quantitative estimate of drug-likeness (QED) is 0.716. The summed E-state index contributed by atoms with van der Waals surface area (Å²) in [7, 11) is 1.62. The minimum absolute atomic E-state index is 0.0759. The van der Waals surface area contributed by atoms with Gasteiger partial charge in [0, 0.05) is 19.0 Å². The average Bonchev–Trinajstić information content (AvgIpc) is 3.28.